The molecule has 0 spiro atoms. The molecule has 2 aliphatic rings. The van der Waals surface area contributed by atoms with Crippen LogP contribution in [0, 0.1) is 11.8 Å². The van der Waals surface area contributed by atoms with Crippen molar-refractivity contribution in [1.82, 2.24) is 4.90 Å². The maximum atomic E-state index is 12.2. The van der Waals surface area contributed by atoms with E-state index >= 15 is 0 Å². The molecule has 106 valence electrons. The number of aliphatic hydroxyl groups excluding tert-OH is 1. The summed E-state index contributed by atoms with van der Waals surface area (Å²) in [4.78, 5) is 25.4. The van der Waals surface area contributed by atoms with Gasteiger partial charge in [0.25, 0.3) is 0 Å². The minimum absolute atomic E-state index is 0.0885. The number of rotatable bonds is 4. The summed E-state index contributed by atoms with van der Waals surface area (Å²) in [6.07, 6.45) is -0.257. The Morgan fingerprint density at radius 1 is 1.53 bits per heavy atom. The molecule has 0 saturated carbocycles. The van der Waals surface area contributed by atoms with Gasteiger partial charge in [-0.2, -0.15) is 0 Å². The van der Waals surface area contributed by atoms with E-state index in [2.05, 4.69) is 14.0 Å². The number of aliphatic hydroxyl groups is 1. The van der Waals surface area contributed by atoms with Gasteiger partial charge < -0.3 is 19.1 Å². The van der Waals surface area contributed by atoms with Crippen LogP contribution in [-0.4, -0.2) is 40.6 Å². The monoisotopic (exact) mass is 305 g/mol. The van der Waals surface area contributed by atoms with Crippen LogP contribution in [0.4, 0.5) is 0 Å². The molecule has 2 rings (SSSR count). The van der Waals surface area contributed by atoms with E-state index in [9.17, 15) is 14.7 Å². The summed E-state index contributed by atoms with van der Waals surface area (Å²) >= 11 is 0. The Balaban J connectivity index is 2.35. The molecule has 2 aliphatic heterocycles. The van der Waals surface area contributed by atoms with E-state index in [1.807, 2.05) is 23.3 Å². The number of nitrogens with zero attached hydrogens (tertiary/aromatic N) is 1. The summed E-state index contributed by atoms with van der Waals surface area (Å²) < 4.78 is 9.76. The van der Waals surface area contributed by atoms with Gasteiger partial charge in [-0.15, -0.1) is 0 Å². The van der Waals surface area contributed by atoms with E-state index < -0.39 is 5.97 Å². The number of fused-ring (bicyclic) bond motifs is 1. The molecule has 19 heavy (non-hydrogen) atoms. The molecule has 5 unspecified atom stereocenters. The minimum Gasteiger partial charge on any atom is -0.447 e. The molecule has 6 nitrogen and oxygen atoms in total. The van der Waals surface area contributed by atoms with E-state index in [1.165, 1.54) is 4.90 Å². The van der Waals surface area contributed by atoms with Gasteiger partial charge in [-0.3, -0.25) is 4.79 Å². The van der Waals surface area contributed by atoms with Crippen molar-refractivity contribution in [3.63, 3.8) is 0 Å². The van der Waals surface area contributed by atoms with Gasteiger partial charge in [0.05, 0.1) is 34.1 Å². The Bertz CT molecular complexity index is 452. The number of amides is 1. The molecule has 1 N–H and O–H groups in total. The first-order valence-corrected chi connectivity index (χ1v) is 6.87. The summed E-state index contributed by atoms with van der Waals surface area (Å²) in [5, 5.41) is 9.44. The fourth-order valence-electron chi connectivity index (χ4n) is 2.97. The number of β-lactam (4-membered cyclic amide) rings is 1. The van der Waals surface area contributed by atoms with Gasteiger partial charge in [0.2, 0.25) is 5.91 Å². The van der Waals surface area contributed by atoms with Crippen LogP contribution in [0.3, 0.4) is 0 Å². The number of hydrogen-bond acceptors (Lipinski definition) is 5. The fraction of sp³-hybridized carbons (Fsp3) is 0.636. The highest BCUT2D eigenvalue weighted by Crippen LogP contribution is 2.47. The molecule has 6 atom stereocenters. The Morgan fingerprint density at radius 3 is 2.63 bits per heavy atom. The summed E-state index contributed by atoms with van der Waals surface area (Å²) in [6, 6.07) is -0.149. The second-order valence-corrected chi connectivity index (χ2v) is 5.30. The third-order valence-electron chi connectivity index (χ3n) is 3.99. The molecule has 0 bridgehead atoms. The standard InChI is InChI=1S/C11H17NO5P2/c1-4-6(3-13)9(11(15)17-19)12-8(4)7(10(12)14)5(2)16-18/h4-5,7-8,13H,3,18-19H2,1-2H3/t4-,5?,7?,8?/m0/s1. The van der Waals surface area contributed by atoms with Gasteiger partial charge >= 0.3 is 5.97 Å². The fourth-order valence-corrected chi connectivity index (χ4v) is 3.25. The van der Waals surface area contributed by atoms with Crippen molar-refractivity contribution >= 4 is 30.8 Å². The largest absolute Gasteiger partial charge is 0.447 e. The molecule has 8 heteroatoms. The highest BCUT2D eigenvalue weighted by Gasteiger charge is 2.60. The summed E-state index contributed by atoms with van der Waals surface area (Å²) in [5.41, 5.74) is 0.719. The van der Waals surface area contributed by atoms with Gasteiger partial charge in [0, 0.05) is 15.4 Å². The van der Waals surface area contributed by atoms with Crippen molar-refractivity contribution in [3.8, 4) is 0 Å². The highest BCUT2D eigenvalue weighted by molar-refractivity contribution is 7.10. The van der Waals surface area contributed by atoms with Crippen LogP contribution in [0.15, 0.2) is 11.3 Å². The van der Waals surface area contributed by atoms with Crippen LogP contribution >= 0.6 is 18.9 Å². The van der Waals surface area contributed by atoms with Crippen molar-refractivity contribution < 1.29 is 23.7 Å². The summed E-state index contributed by atoms with van der Waals surface area (Å²) in [6.45, 7) is 3.44. The molecule has 2 heterocycles. The molecule has 1 saturated heterocycles. The molecule has 1 amide bonds. The van der Waals surface area contributed by atoms with Gasteiger partial charge in [0.15, 0.2) is 0 Å². The minimum atomic E-state index is -0.616. The second-order valence-electron chi connectivity index (χ2n) is 4.79. The zero-order valence-corrected chi connectivity index (χ0v) is 13.0. The van der Waals surface area contributed by atoms with Crippen molar-refractivity contribution in [2.75, 3.05) is 6.61 Å². The Kier molecular flexibility index (Phi) is 4.26. The SMILES string of the molecule is CC(OP)C1C(=O)N2C(C(=O)OP)=C(CO)[C@H](C)C12. The quantitative estimate of drug-likeness (QED) is 0.595. The smallest absolute Gasteiger partial charge is 0.357 e. The van der Waals surface area contributed by atoms with Crippen LogP contribution in [-0.2, 0) is 18.6 Å². The van der Waals surface area contributed by atoms with E-state index in [1.54, 1.807) is 0 Å². The molecular weight excluding hydrogens is 288 g/mol. The van der Waals surface area contributed by atoms with Gasteiger partial charge in [0.1, 0.15) is 5.70 Å². The summed E-state index contributed by atoms with van der Waals surface area (Å²) in [7, 11) is 4.02. The first-order chi connectivity index (χ1) is 8.99. The molecule has 0 aromatic heterocycles. The number of carbonyl (C=O) groups is 2. The third-order valence-corrected chi connectivity index (χ3v) is 4.63. The van der Waals surface area contributed by atoms with Crippen LogP contribution < -0.4 is 0 Å². The topological polar surface area (TPSA) is 76.1 Å². The van der Waals surface area contributed by atoms with Crippen LogP contribution in [0.5, 0.6) is 0 Å². The lowest BCUT2D eigenvalue weighted by Crippen LogP contribution is -2.63. The van der Waals surface area contributed by atoms with E-state index in [-0.39, 0.29) is 42.2 Å². The molecule has 0 aromatic rings. The maximum absolute atomic E-state index is 12.2. The molecule has 0 aliphatic carbocycles. The van der Waals surface area contributed by atoms with Crippen molar-refractivity contribution in [1.29, 1.82) is 0 Å². The highest BCUT2D eigenvalue weighted by atomic mass is 31.0. The Hall–Kier alpha value is -0.540. The van der Waals surface area contributed by atoms with Crippen LogP contribution in [0.25, 0.3) is 0 Å². The lowest BCUT2D eigenvalue weighted by atomic mass is 9.78. The average molecular weight is 305 g/mol. The molecular formula is C11H17NO5P2. The third kappa shape index (κ3) is 2.02. The molecule has 0 radical (unpaired) electrons. The lowest BCUT2D eigenvalue weighted by Gasteiger charge is -2.47. The zero-order chi connectivity index (χ0) is 14.3. The Morgan fingerprint density at radius 2 is 2.16 bits per heavy atom. The van der Waals surface area contributed by atoms with E-state index in [0.717, 1.165) is 0 Å². The predicted octanol–water partition coefficient (Wildman–Crippen LogP) is 0.238. The van der Waals surface area contributed by atoms with Gasteiger partial charge in [-0.25, -0.2) is 4.79 Å². The van der Waals surface area contributed by atoms with E-state index in [0.29, 0.717) is 5.57 Å². The van der Waals surface area contributed by atoms with Gasteiger partial charge in [-0.1, -0.05) is 6.92 Å². The first-order valence-electron chi connectivity index (χ1n) is 5.93. The number of hydrogen-bond donors (Lipinski definition) is 1. The average Bonchev–Trinajstić information content (AvgIpc) is 2.66. The number of carbonyl (C=O) groups excluding carboxylic acids is 2. The maximum Gasteiger partial charge on any atom is 0.357 e. The molecule has 1 fully saturated rings. The van der Waals surface area contributed by atoms with E-state index in [4.69, 9.17) is 4.52 Å². The van der Waals surface area contributed by atoms with Crippen molar-refractivity contribution in [3.05, 3.63) is 11.3 Å². The van der Waals surface area contributed by atoms with Crippen LogP contribution in [0.2, 0.25) is 0 Å². The summed E-state index contributed by atoms with van der Waals surface area (Å²) in [5.74, 6) is -1.17. The normalized spacial score (nSPS) is 31.1. The second kappa shape index (κ2) is 5.45. The predicted molar refractivity (Wildman–Crippen MR) is 73.5 cm³/mol. The first kappa shape index (κ1) is 14.9. The van der Waals surface area contributed by atoms with Crippen LogP contribution in [0.1, 0.15) is 13.8 Å². The Labute approximate surface area is 116 Å². The van der Waals surface area contributed by atoms with Gasteiger partial charge in [-0.05, 0) is 12.5 Å². The van der Waals surface area contributed by atoms with Crippen molar-refractivity contribution in [2.45, 2.75) is 26.0 Å². The lowest BCUT2D eigenvalue weighted by molar-refractivity contribution is -0.161. The zero-order valence-electron chi connectivity index (χ0n) is 10.7. The molecule has 0 aromatic carbocycles. The van der Waals surface area contributed by atoms with Crippen molar-refractivity contribution in [2.24, 2.45) is 11.8 Å².